The van der Waals surface area contributed by atoms with Crippen LogP contribution in [0.4, 0.5) is 5.69 Å². The van der Waals surface area contributed by atoms with E-state index in [4.69, 9.17) is 5.73 Å². The van der Waals surface area contributed by atoms with Gasteiger partial charge in [0.1, 0.15) is 6.33 Å². The number of para-hydroxylation sites is 2. The summed E-state index contributed by atoms with van der Waals surface area (Å²) in [6.07, 6.45) is 1.47. The molecule has 0 aliphatic rings. The monoisotopic (exact) mass is 274 g/mol. The van der Waals surface area contributed by atoms with Crippen LogP contribution < -0.4 is 11.1 Å². The Morgan fingerprint density at radius 1 is 1.35 bits per heavy atom. The van der Waals surface area contributed by atoms with Crippen molar-refractivity contribution < 1.29 is 4.79 Å². The minimum Gasteiger partial charge on any atom is -0.323 e. The number of nitrogens with one attached hydrogen (secondary N) is 1. The lowest BCUT2D eigenvalue weighted by Crippen LogP contribution is -2.45. The van der Waals surface area contributed by atoms with Gasteiger partial charge in [-0.05, 0) is 28.0 Å². The molecular weight excluding hydrogens is 256 g/mol. The quantitative estimate of drug-likeness (QED) is 0.869. The van der Waals surface area contributed by atoms with Crippen LogP contribution in [0.3, 0.4) is 0 Å². The van der Waals surface area contributed by atoms with Gasteiger partial charge in [-0.25, -0.2) is 0 Å². The van der Waals surface area contributed by atoms with Crippen LogP contribution in [-0.2, 0) is 4.79 Å². The van der Waals surface area contributed by atoms with Crippen molar-refractivity contribution in [1.82, 2.24) is 20.2 Å². The lowest BCUT2D eigenvalue weighted by Gasteiger charge is -2.26. The van der Waals surface area contributed by atoms with Crippen molar-refractivity contribution in [3.63, 3.8) is 0 Å². The highest BCUT2D eigenvalue weighted by Crippen LogP contribution is 2.22. The highest BCUT2D eigenvalue weighted by molar-refractivity contribution is 5.96. The van der Waals surface area contributed by atoms with Crippen LogP contribution in [0.5, 0.6) is 0 Å². The Balaban J connectivity index is 2.25. The summed E-state index contributed by atoms with van der Waals surface area (Å²) in [5.41, 5.74) is 6.94. The molecule has 0 aliphatic heterocycles. The van der Waals surface area contributed by atoms with E-state index in [0.29, 0.717) is 11.4 Å². The van der Waals surface area contributed by atoms with E-state index in [1.54, 1.807) is 6.07 Å². The van der Waals surface area contributed by atoms with E-state index in [0.717, 1.165) is 0 Å². The third kappa shape index (κ3) is 3.00. The molecule has 0 spiro atoms. The molecule has 1 amide bonds. The maximum atomic E-state index is 12.2. The van der Waals surface area contributed by atoms with E-state index in [9.17, 15) is 4.79 Å². The van der Waals surface area contributed by atoms with Gasteiger partial charge in [-0.15, -0.1) is 5.10 Å². The number of hydrogen-bond donors (Lipinski definition) is 2. The number of aromatic nitrogens is 4. The van der Waals surface area contributed by atoms with Gasteiger partial charge < -0.3 is 11.1 Å². The van der Waals surface area contributed by atoms with Gasteiger partial charge in [0.25, 0.3) is 0 Å². The summed E-state index contributed by atoms with van der Waals surface area (Å²) < 4.78 is 1.48. The van der Waals surface area contributed by atoms with Gasteiger partial charge in [-0.3, -0.25) is 4.79 Å². The Hall–Kier alpha value is -2.28. The second kappa shape index (κ2) is 5.38. The van der Waals surface area contributed by atoms with Gasteiger partial charge in [-0.2, -0.15) is 4.68 Å². The fraction of sp³-hybridized carbons (Fsp3) is 0.385. The van der Waals surface area contributed by atoms with Crippen molar-refractivity contribution in [3.05, 3.63) is 30.6 Å². The maximum absolute atomic E-state index is 12.2. The predicted octanol–water partition coefficient (Wildman–Crippen LogP) is 0.974. The highest BCUT2D eigenvalue weighted by atomic mass is 16.2. The molecule has 1 unspecified atom stereocenters. The number of hydrogen-bond acceptors (Lipinski definition) is 5. The first-order valence-corrected chi connectivity index (χ1v) is 6.28. The average Bonchev–Trinajstić information content (AvgIpc) is 2.91. The van der Waals surface area contributed by atoms with E-state index in [1.165, 1.54) is 11.0 Å². The molecule has 0 saturated heterocycles. The summed E-state index contributed by atoms with van der Waals surface area (Å²) in [5, 5.41) is 13.8. The molecule has 106 valence electrons. The lowest BCUT2D eigenvalue weighted by atomic mass is 9.87. The summed E-state index contributed by atoms with van der Waals surface area (Å²) >= 11 is 0. The molecule has 2 aromatic rings. The van der Waals surface area contributed by atoms with Crippen molar-refractivity contribution in [2.75, 3.05) is 5.32 Å². The van der Waals surface area contributed by atoms with Gasteiger partial charge in [0.05, 0.1) is 17.4 Å². The third-order valence-electron chi connectivity index (χ3n) is 2.97. The third-order valence-corrected chi connectivity index (χ3v) is 2.97. The van der Waals surface area contributed by atoms with Crippen LogP contribution in [0.1, 0.15) is 20.8 Å². The minimum atomic E-state index is -0.607. The van der Waals surface area contributed by atoms with Gasteiger partial charge in [0.2, 0.25) is 5.91 Å². The van der Waals surface area contributed by atoms with Gasteiger partial charge in [0.15, 0.2) is 0 Å². The molecule has 0 saturated carbocycles. The van der Waals surface area contributed by atoms with Crippen LogP contribution >= 0.6 is 0 Å². The Kier molecular flexibility index (Phi) is 3.80. The van der Waals surface area contributed by atoms with Gasteiger partial charge in [0, 0.05) is 0 Å². The number of carbonyl (C=O) groups excluding carboxylic acids is 1. The molecule has 20 heavy (non-hydrogen) atoms. The predicted molar refractivity (Wildman–Crippen MR) is 75.2 cm³/mol. The van der Waals surface area contributed by atoms with Crippen molar-refractivity contribution in [1.29, 1.82) is 0 Å². The molecule has 1 aromatic carbocycles. The highest BCUT2D eigenvalue weighted by Gasteiger charge is 2.27. The Labute approximate surface area is 117 Å². The van der Waals surface area contributed by atoms with E-state index in [2.05, 4.69) is 20.8 Å². The zero-order valence-corrected chi connectivity index (χ0v) is 11.7. The van der Waals surface area contributed by atoms with Crippen molar-refractivity contribution in [2.45, 2.75) is 26.8 Å². The van der Waals surface area contributed by atoms with E-state index < -0.39 is 6.04 Å². The first kappa shape index (κ1) is 14.1. The topological polar surface area (TPSA) is 98.7 Å². The zero-order chi connectivity index (χ0) is 14.8. The van der Waals surface area contributed by atoms with Crippen LogP contribution in [0.15, 0.2) is 30.6 Å². The first-order chi connectivity index (χ1) is 9.39. The molecule has 1 atom stereocenters. The molecule has 2 rings (SSSR count). The number of benzene rings is 1. The van der Waals surface area contributed by atoms with E-state index >= 15 is 0 Å². The number of nitrogens with zero attached hydrogens (tertiary/aromatic N) is 4. The number of nitrogens with two attached hydrogens (primary N) is 1. The van der Waals surface area contributed by atoms with Crippen molar-refractivity contribution in [3.8, 4) is 5.69 Å². The minimum absolute atomic E-state index is 0.238. The molecule has 7 nitrogen and oxygen atoms in total. The van der Waals surface area contributed by atoms with E-state index in [-0.39, 0.29) is 11.3 Å². The fourth-order valence-corrected chi connectivity index (χ4v) is 1.65. The maximum Gasteiger partial charge on any atom is 0.241 e. The number of anilines is 1. The number of amides is 1. The van der Waals surface area contributed by atoms with Crippen molar-refractivity contribution >= 4 is 11.6 Å². The zero-order valence-electron chi connectivity index (χ0n) is 11.7. The second-order valence-electron chi connectivity index (χ2n) is 5.60. The van der Waals surface area contributed by atoms with Crippen LogP contribution in [0, 0.1) is 5.41 Å². The fourth-order valence-electron chi connectivity index (χ4n) is 1.65. The molecule has 1 heterocycles. The Bertz CT molecular complexity index is 587. The Morgan fingerprint density at radius 3 is 2.65 bits per heavy atom. The summed E-state index contributed by atoms with van der Waals surface area (Å²) in [7, 11) is 0. The standard InChI is InChI=1S/C13H18N6O/c1-13(2,3)11(14)12(20)16-9-6-4-5-7-10(9)19-8-15-17-18-19/h4-8,11H,14H2,1-3H3,(H,16,20). The number of tetrazole rings is 1. The summed E-state index contributed by atoms with van der Waals surface area (Å²) in [4.78, 5) is 12.2. The average molecular weight is 274 g/mol. The molecule has 3 N–H and O–H groups in total. The summed E-state index contributed by atoms with van der Waals surface area (Å²) in [6, 6.07) is 6.66. The molecule has 7 heteroatoms. The van der Waals surface area contributed by atoms with E-state index in [1.807, 2.05) is 39.0 Å². The molecule has 0 bridgehead atoms. The molecule has 0 radical (unpaired) electrons. The van der Waals surface area contributed by atoms with Gasteiger partial charge in [-0.1, -0.05) is 32.9 Å². The normalized spacial score (nSPS) is 13.0. The molecule has 0 fully saturated rings. The van der Waals surface area contributed by atoms with Crippen molar-refractivity contribution in [2.24, 2.45) is 11.1 Å². The number of rotatable bonds is 3. The number of carbonyl (C=O) groups is 1. The van der Waals surface area contributed by atoms with Gasteiger partial charge >= 0.3 is 0 Å². The smallest absolute Gasteiger partial charge is 0.241 e. The molecule has 0 aliphatic carbocycles. The Morgan fingerprint density at radius 2 is 2.05 bits per heavy atom. The van der Waals surface area contributed by atoms with Crippen LogP contribution in [-0.4, -0.2) is 32.2 Å². The molecule has 1 aromatic heterocycles. The second-order valence-corrected chi connectivity index (χ2v) is 5.60. The first-order valence-electron chi connectivity index (χ1n) is 6.28. The SMILES string of the molecule is CC(C)(C)C(N)C(=O)Nc1ccccc1-n1cnnn1. The van der Waals surface area contributed by atoms with Crippen LogP contribution in [0.2, 0.25) is 0 Å². The summed E-state index contributed by atoms with van der Waals surface area (Å²) in [6.45, 7) is 5.76. The van der Waals surface area contributed by atoms with Crippen LogP contribution in [0.25, 0.3) is 5.69 Å². The molecular formula is C13H18N6O. The summed E-state index contributed by atoms with van der Waals surface area (Å²) in [5.74, 6) is -0.238. The lowest BCUT2D eigenvalue weighted by molar-refractivity contribution is -0.119. The largest absolute Gasteiger partial charge is 0.323 e.